The van der Waals surface area contributed by atoms with E-state index in [1.807, 2.05) is 72.8 Å². The lowest BCUT2D eigenvalue weighted by Gasteiger charge is -2.32. The normalized spacial score (nSPS) is 16.0. The zero-order chi connectivity index (χ0) is 24.5. The number of rotatable bonds is 10. The fraction of sp³-hybridized carbons (Fsp3) is 0.310. The number of benzene rings is 3. The van der Waals surface area contributed by atoms with Crippen molar-refractivity contribution in [3.63, 3.8) is 0 Å². The molecule has 0 aromatic heterocycles. The van der Waals surface area contributed by atoms with Gasteiger partial charge in [0.2, 0.25) is 11.8 Å². The molecule has 2 amide bonds. The zero-order valence-corrected chi connectivity index (χ0v) is 20.5. The first-order chi connectivity index (χ1) is 17.1. The van der Waals surface area contributed by atoms with Gasteiger partial charge in [0, 0.05) is 31.1 Å². The van der Waals surface area contributed by atoms with Gasteiger partial charge in [-0.05, 0) is 41.7 Å². The van der Waals surface area contributed by atoms with E-state index in [1.54, 1.807) is 17.0 Å². The number of carbonyl (C=O) groups is 2. The number of hydrogen-bond donors (Lipinski definition) is 1. The summed E-state index contributed by atoms with van der Waals surface area (Å²) in [5.41, 5.74) is 2.83. The monoisotopic (exact) mass is 490 g/mol. The minimum absolute atomic E-state index is 0.0288. The van der Waals surface area contributed by atoms with Crippen molar-refractivity contribution in [1.82, 2.24) is 10.2 Å². The van der Waals surface area contributed by atoms with Crippen molar-refractivity contribution >= 4 is 23.4 Å². The molecule has 1 N–H and O–H groups in total. The minimum atomic E-state index is -0.661. The van der Waals surface area contributed by atoms with Crippen LogP contribution >= 0.6 is 11.6 Å². The van der Waals surface area contributed by atoms with Crippen LogP contribution in [-0.4, -0.2) is 42.0 Å². The first kappa shape index (κ1) is 25.0. The van der Waals surface area contributed by atoms with Crippen molar-refractivity contribution < 1.29 is 14.3 Å². The highest BCUT2D eigenvalue weighted by Gasteiger charge is 2.31. The van der Waals surface area contributed by atoms with Crippen LogP contribution in [-0.2, 0) is 33.7 Å². The molecule has 0 bridgehead atoms. The highest BCUT2D eigenvalue weighted by Crippen LogP contribution is 2.19. The molecule has 5 nitrogen and oxygen atoms in total. The summed E-state index contributed by atoms with van der Waals surface area (Å²) in [6, 6.07) is 26.2. The minimum Gasteiger partial charge on any atom is -0.376 e. The molecule has 0 unspecified atom stereocenters. The topological polar surface area (TPSA) is 58.6 Å². The van der Waals surface area contributed by atoms with Crippen LogP contribution in [0.25, 0.3) is 0 Å². The maximum Gasteiger partial charge on any atom is 0.243 e. The lowest BCUT2D eigenvalue weighted by Crippen LogP contribution is -2.52. The first-order valence-electron chi connectivity index (χ1n) is 12.1. The van der Waals surface area contributed by atoms with Gasteiger partial charge in [-0.25, -0.2) is 0 Å². The van der Waals surface area contributed by atoms with Gasteiger partial charge in [-0.15, -0.1) is 0 Å². The maximum atomic E-state index is 13.7. The average molecular weight is 491 g/mol. The Labute approximate surface area is 212 Å². The SMILES string of the molecule is O=C(NC[C@H]1CCCO1)[C@@H](Cc1ccccc1)N(Cc1ccc(Cl)cc1)C(=O)Cc1ccccc1. The summed E-state index contributed by atoms with van der Waals surface area (Å²) in [7, 11) is 0. The number of nitrogens with zero attached hydrogens (tertiary/aromatic N) is 1. The van der Waals surface area contributed by atoms with E-state index in [0.29, 0.717) is 24.5 Å². The van der Waals surface area contributed by atoms with Gasteiger partial charge in [0.05, 0.1) is 12.5 Å². The zero-order valence-electron chi connectivity index (χ0n) is 19.7. The lowest BCUT2D eigenvalue weighted by atomic mass is 10.0. The third-order valence-electron chi connectivity index (χ3n) is 6.26. The van der Waals surface area contributed by atoms with E-state index >= 15 is 0 Å². The summed E-state index contributed by atoms with van der Waals surface area (Å²) in [6.07, 6.45) is 2.61. The van der Waals surface area contributed by atoms with Crippen LogP contribution in [0, 0.1) is 0 Å². The molecule has 182 valence electrons. The second-order valence-electron chi connectivity index (χ2n) is 8.90. The molecule has 0 radical (unpaired) electrons. The molecule has 0 aliphatic carbocycles. The molecule has 0 spiro atoms. The van der Waals surface area contributed by atoms with Crippen molar-refractivity contribution in [3.05, 3.63) is 107 Å². The third-order valence-corrected chi connectivity index (χ3v) is 6.52. The van der Waals surface area contributed by atoms with Crippen molar-refractivity contribution in [3.8, 4) is 0 Å². The molecule has 35 heavy (non-hydrogen) atoms. The summed E-state index contributed by atoms with van der Waals surface area (Å²) >= 11 is 6.09. The largest absolute Gasteiger partial charge is 0.376 e. The quantitative estimate of drug-likeness (QED) is 0.443. The first-order valence-corrected chi connectivity index (χ1v) is 12.5. The van der Waals surface area contributed by atoms with Gasteiger partial charge < -0.3 is 15.0 Å². The van der Waals surface area contributed by atoms with E-state index in [0.717, 1.165) is 36.1 Å². The fourth-order valence-electron chi connectivity index (χ4n) is 4.35. The second-order valence-corrected chi connectivity index (χ2v) is 9.33. The van der Waals surface area contributed by atoms with Gasteiger partial charge in [-0.1, -0.05) is 84.4 Å². The van der Waals surface area contributed by atoms with E-state index < -0.39 is 6.04 Å². The number of carbonyl (C=O) groups excluding carboxylic acids is 2. The summed E-state index contributed by atoms with van der Waals surface area (Å²) in [6.45, 7) is 1.49. The van der Waals surface area contributed by atoms with Crippen LogP contribution in [0.4, 0.5) is 0 Å². The molecule has 1 aliphatic heterocycles. The molecular formula is C29H31ClN2O3. The van der Waals surface area contributed by atoms with E-state index in [1.165, 1.54) is 0 Å². The lowest BCUT2D eigenvalue weighted by molar-refractivity contribution is -0.141. The van der Waals surface area contributed by atoms with Crippen molar-refractivity contribution in [2.45, 2.75) is 44.4 Å². The van der Waals surface area contributed by atoms with Crippen molar-refractivity contribution in [1.29, 1.82) is 0 Å². The van der Waals surface area contributed by atoms with Crippen LogP contribution in [0.15, 0.2) is 84.9 Å². The fourth-order valence-corrected chi connectivity index (χ4v) is 4.48. The predicted molar refractivity (Wildman–Crippen MR) is 138 cm³/mol. The van der Waals surface area contributed by atoms with Crippen LogP contribution in [0.1, 0.15) is 29.5 Å². The van der Waals surface area contributed by atoms with Crippen molar-refractivity contribution in [2.24, 2.45) is 0 Å². The Morgan fingerprint density at radius 2 is 1.57 bits per heavy atom. The smallest absolute Gasteiger partial charge is 0.243 e. The number of halogens is 1. The highest BCUT2D eigenvalue weighted by molar-refractivity contribution is 6.30. The molecule has 4 rings (SSSR count). The molecule has 2 atom stereocenters. The van der Waals surface area contributed by atoms with Crippen LogP contribution in [0.5, 0.6) is 0 Å². The standard InChI is InChI=1S/C29H31ClN2O3/c30-25-15-13-24(14-16-25)21-32(28(33)19-23-10-5-2-6-11-23)27(18-22-8-3-1-4-9-22)29(34)31-20-26-12-7-17-35-26/h1-6,8-11,13-16,26-27H,7,12,17-21H2,(H,31,34)/t26-,27-/m1/s1. The number of nitrogens with one attached hydrogen (secondary N) is 1. The molecule has 3 aromatic rings. The summed E-state index contributed by atoms with van der Waals surface area (Å²) in [5, 5.41) is 3.69. The average Bonchev–Trinajstić information content (AvgIpc) is 3.41. The Balaban J connectivity index is 1.61. The number of amides is 2. The molecule has 1 aliphatic rings. The summed E-state index contributed by atoms with van der Waals surface area (Å²) in [5.74, 6) is -0.265. The summed E-state index contributed by atoms with van der Waals surface area (Å²) in [4.78, 5) is 28.9. The van der Waals surface area contributed by atoms with Gasteiger partial charge in [-0.3, -0.25) is 9.59 Å². The molecule has 1 heterocycles. The van der Waals surface area contributed by atoms with Crippen LogP contribution in [0.2, 0.25) is 5.02 Å². The van der Waals surface area contributed by atoms with Crippen LogP contribution in [0.3, 0.4) is 0 Å². The van der Waals surface area contributed by atoms with Gasteiger partial charge >= 0.3 is 0 Å². The molecule has 3 aromatic carbocycles. The highest BCUT2D eigenvalue weighted by atomic mass is 35.5. The van der Waals surface area contributed by atoms with Crippen LogP contribution < -0.4 is 5.32 Å². The van der Waals surface area contributed by atoms with Gasteiger partial charge in [-0.2, -0.15) is 0 Å². The third kappa shape index (κ3) is 7.41. The number of hydrogen-bond acceptors (Lipinski definition) is 3. The molecule has 6 heteroatoms. The Morgan fingerprint density at radius 1 is 0.914 bits per heavy atom. The number of ether oxygens (including phenoxy) is 1. The Bertz CT molecular complexity index is 1080. The van der Waals surface area contributed by atoms with Crippen molar-refractivity contribution in [2.75, 3.05) is 13.2 Å². The Morgan fingerprint density at radius 3 is 2.20 bits per heavy atom. The Kier molecular flexibility index (Phi) is 8.93. The molecule has 1 fully saturated rings. The maximum absolute atomic E-state index is 13.7. The predicted octanol–water partition coefficient (Wildman–Crippen LogP) is 4.82. The van der Waals surface area contributed by atoms with E-state index in [2.05, 4.69) is 5.32 Å². The molecular weight excluding hydrogens is 460 g/mol. The molecule has 1 saturated heterocycles. The van der Waals surface area contributed by atoms with Gasteiger partial charge in [0.1, 0.15) is 6.04 Å². The van der Waals surface area contributed by atoms with E-state index in [4.69, 9.17) is 16.3 Å². The summed E-state index contributed by atoms with van der Waals surface area (Å²) < 4.78 is 5.69. The van der Waals surface area contributed by atoms with Gasteiger partial charge in [0.15, 0.2) is 0 Å². The van der Waals surface area contributed by atoms with E-state index in [-0.39, 0.29) is 24.3 Å². The molecule has 0 saturated carbocycles. The van der Waals surface area contributed by atoms with Gasteiger partial charge in [0.25, 0.3) is 0 Å². The second kappa shape index (κ2) is 12.5. The van der Waals surface area contributed by atoms with E-state index in [9.17, 15) is 9.59 Å². The Hall–Kier alpha value is -3.15.